The zero-order valence-electron chi connectivity index (χ0n) is 56.5. The van der Waals surface area contributed by atoms with E-state index in [1.807, 2.05) is 146 Å². The number of anilines is 5. The molecule has 22 heteroatoms. The summed E-state index contributed by atoms with van der Waals surface area (Å²) in [4.78, 5) is 54.8. The highest BCUT2D eigenvalue weighted by atomic mass is 16.3. The number of benzene rings is 7. The summed E-state index contributed by atoms with van der Waals surface area (Å²) in [6.07, 6.45) is 3.90. The second-order valence-electron chi connectivity index (χ2n) is 25.2. The first-order valence-corrected chi connectivity index (χ1v) is 32.3. The average molecular weight is 1320 g/mol. The fourth-order valence-electron chi connectivity index (χ4n) is 11.9. The van der Waals surface area contributed by atoms with E-state index in [1.54, 1.807) is 12.1 Å². The largest absolute Gasteiger partial charge is 0.507 e. The number of aromatic hydroxyl groups is 3. The molecule has 0 aliphatic carbocycles. The molecular weight excluding hydrogens is 1230 g/mol. The summed E-state index contributed by atoms with van der Waals surface area (Å²) in [6.45, 7) is 26.2. The molecule has 0 spiro atoms. The van der Waals surface area contributed by atoms with Crippen LogP contribution in [0.25, 0.3) is 4.85 Å². The van der Waals surface area contributed by atoms with Gasteiger partial charge in [-0.25, -0.2) is 6.57 Å². The first kappa shape index (κ1) is 70.5. The Labute approximate surface area is 570 Å². The summed E-state index contributed by atoms with van der Waals surface area (Å²) in [5, 5.41) is 63.9. The Kier molecular flexibility index (Phi) is 23.0. The molecule has 1 saturated heterocycles. The Balaban J connectivity index is 0.000000173. The highest BCUT2D eigenvalue weighted by molar-refractivity contribution is 6.04. The van der Waals surface area contributed by atoms with Crippen LogP contribution < -0.4 is 43.4 Å². The molecule has 16 N–H and O–H groups in total. The normalized spacial score (nSPS) is 11.9. The highest BCUT2D eigenvalue weighted by Crippen LogP contribution is 2.30. The Morgan fingerprint density at radius 1 is 0.490 bits per heavy atom. The molecule has 98 heavy (non-hydrogen) atoms. The van der Waals surface area contributed by atoms with Gasteiger partial charge in [0.15, 0.2) is 17.5 Å². The lowest BCUT2D eigenvalue weighted by molar-refractivity contribution is 0.0991. The van der Waals surface area contributed by atoms with Gasteiger partial charge in [0, 0.05) is 74.5 Å². The summed E-state index contributed by atoms with van der Waals surface area (Å²) in [6, 6.07) is 42.3. The highest BCUT2D eigenvalue weighted by Gasteiger charge is 2.23. The molecule has 506 valence electrons. The number of nitrogens with two attached hydrogens (primary N) is 3. The smallest absolute Gasteiger partial charge is 0.255 e. The van der Waals surface area contributed by atoms with Crippen LogP contribution in [0.4, 0.5) is 28.8 Å². The topological polar surface area (TPSA) is 349 Å². The number of nitrogens with zero attached hydrogens (tertiary/aromatic N) is 5. The minimum absolute atomic E-state index is 0.179. The van der Waals surface area contributed by atoms with E-state index in [1.165, 1.54) is 18.5 Å². The van der Waals surface area contributed by atoms with E-state index >= 15 is 0 Å². The van der Waals surface area contributed by atoms with Crippen LogP contribution in [0.2, 0.25) is 0 Å². The molecule has 1 fully saturated rings. The van der Waals surface area contributed by atoms with Gasteiger partial charge in [-0.3, -0.25) is 34.5 Å². The number of aryl methyl sites for hydroxylation is 7. The number of hydrogen-bond donors (Lipinski definition) is 13. The van der Waals surface area contributed by atoms with Gasteiger partial charge < -0.3 is 63.5 Å². The van der Waals surface area contributed by atoms with Crippen LogP contribution in [0.3, 0.4) is 0 Å². The molecule has 10 aromatic rings. The molecule has 3 aromatic heterocycles. The third kappa shape index (κ3) is 18.1. The SMILES string of the molecule is Cc1cc(CNc2n[nH]c(Cc3ccc(N4CCC(C)CC4)cc3)c2C(N)=O)cc(C)c1O.Cc1ccc(C(=O)Nc2ccc(Cc3[nH]nc(NCc4cc(C)c(O)c(C)c4)c3C(N)=O)cc2)cc1.[C-]#[N+]Cc1ccc(Cc2[nH]nc(NCc3cc(C)c(O)c(C)c3)c2C(N)=O)cc1. The van der Waals surface area contributed by atoms with Crippen LogP contribution >= 0.6 is 0 Å². The molecule has 1 aliphatic rings. The molecule has 0 unspecified atom stereocenters. The van der Waals surface area contributed by atoms with E-state index in [9.17, 15) is 34.5 Å². The predicted molar refractivity (Wildman–Crippen MR) is 384 cm³/mol. The second kappa shape index (κ2) is 32.0. The maximum absolute atomic E-state index is 12.4. The van der Waals surface area contributed by atoms with Gasteiger partial charge in [-0.05, 0) is 170 Å². The number of phenols is 3. The molecule has 4 heterocycles. The average Bonchev–Trinajstić information content (AvgIpc) is 1.67. The fraction of sp³-hybridized carbons (Fsp3) is 0.263. The van der Waals surface area contributed by atoms with Crippen LogP contribution in [0.15, 0.2) is 133 Å². The van der Waals surface area contributed by atoms with Crippen LogP contribution in [0.5, 0.6) is 17.2 Å². The van der Waals surface area contributed by atoms with E-state index in [4.69, 9.17) is 23.8 Å². The quantitative estimate of drug-likeness (QED) is 0.0281. The van der Waals surface area contributed by atoms with E-state index < -0.39 is 17.7 Å². The van der Waals surface area contributed by atoms with Gasteiger partial charge in [0.2, 0.25) is 6.54 Å². The lowest BCUT2D eigenvalue weighted by Crippen LogP contribution is -2.32. The number of amides is 4. The number of rotatable bonds is 22. The van der Waals surface area contributed by atoms with Gasteiger partial charge in [0.1, 0.15) is 33.9 Å². The van der Waals surface area contributed by atoms with Gasteiger partial charge in [0.25, 0.3) is 23.6 Å². The molecule has 1 aliphatic heterocycles. The molecule has 22 nitrogen and oxygen atoms in total. The van der Waals surface area contributed by atoms with Crippen molar-refractivity contribution in [2.24, 2.45) is 23.1 Å². The lowest BCUT2D eigenvalue weighted by atomic mass is 9.98. The predicted octanol–water partition coefficient (Wildman–Crippen LogP) is 12.3. The van der Waals surface area contributed by atoms with E-state index in [0.29, 0.717) is 114 Å². The minimum atomic E-state index is -0.582. The maximum atomic E-state index is 12.4. The van der Waals surface area contributed by atoms with E-state index in [0.717, 1.165) is 96.9 Å². The van der Waals surface area contributed by atoms with Crippen molar-refractivity contribution in [3.05, 3.63) is 262 Å². The number of aromatic nitrogens is 6. The third-order valence-electron chi connectivity index (χ3n) is 17.3. The summed E-state index contributed by atoms with van der Waals surface area (Å²) >= 11 is 0. The molecule has 0 radical (unpaired) electrons. The minimum Gasteiger partial charge on any atom is -0.507 e. The molecule has 0 saturated carbocycles. The molecule has 11 rings (SSSR count). The molecular formula is C76H85N15O7. The number of carbonyl (C=O) groups excluding carboxylic acids is 4. The van der Waals surface area contributed by atoms with Crippen LogP contribution in [-0.4, -0.2) is 82.6 Å². The Morgan fingerprint density at radius 2 is 0.816 bits per heavy atom. The zero-order valence-corrected chi connectivity index (χ0v) is 56.5. The zero-order chi connectivity index (χ0) is 70.3. The van der Waals surface area contributed by atoms with Crippen molar-refractivity contribution in [1.29, 1.82) is 0 Å². The summed E-state index contributed by atoms with van der Waals surface area (Å²) in [5.41, 5.74) is 35.2. The lowest BCUT2D eigenvalue weighted by Gasteiger charge is -2.32. The van der Waals surface area contributed by atoms with Crippen molar-refractivity contribution in [2.75, 3.05) is 39.3 Å². The number of nitrogens with one attached hydrogen (secondary N) is 7. The molecule has 7 aromatic carbocycles. The van der Waals surface area contributed by atoms with Crippen LogP contribution in [-0.2, 0) is 45.4 Å². The van der Waals surface area contributed by atoms with Crippen molar-refractivity contribution in [3.8, 4) is 17.2 Å². The second-order valence-corrected chi connectivity index (χ2v) is 25.2. The van der Waals surface area contributed by atoms with Gasteiger partial charge in [0.05, 0.1) is 17.1 Å². The number of aromatic amines is 3. The van der Waals surface area contributed by atoms with Crippen molar-refractivity contribution in [1.82, 2.24) is 30.6 Å². The number of primary amides is 3. The van der Waals surface area contributed by atoms with Gasteiger partial charge in [-0.1, -0.05) is 110 Å². The van der Waals surface area contributed by atoms with Crippen molar-refractivity contribution >= 4 is 52.5 Å². The van der Waals surface area contributed by atoms with Crippen LogP contribution in [0, 0.1) is 61.0 Å². The van der Waals surface area contributed by atoms with E-state index in [-0.39, 0.29) is 17.4 Å². The van der Waals surface area contributed by atoms with Crippen LogP contribution in [0.1, 0.15) is 156 Å². The first-order chi connectivity index (χ1) is 46.9. The number of carbonyl (C=O) groups is 4. The van der Waals surface area contributed by atoms with Crippen molar-refractivity contribution < 1.29 is 34.5 Å². The maximum Gasteiger partial charge on any atom is 0.255 e. The summed E-state index contributed by atoms with van der Waals surface area (Å²) in [5.74, 6) is 1.07. The Hall–Kier alpha value is -11.9. The van der Waals surface area contributed by atoms with Gasteiger partial charge >= 0.3 is 0 Å². The Morgan fingerprint density at radius 3 is 1.15 bits per heavy atom. The standard InChI is InChI=1S/C28H29N5O3.C26H33N5O2.C22H23N5O2/c1-16-4-8-21(9-5-16)28(36)31-22-10-6-19(7-11-22)14-23-24(26(29)35)27(33-32-23)30-15-20-12-17(2)25(34)18(3)13-20;1-16-8-10-31(11-9-16)21-6-4-19(5-7-21)14-22-23(25(27)33)26(30-29-22)28-15-20-12-17(2)24(32)18(3)13-20;1-13-8-17(9-14(2)20(13)28)12-25-22-19(21(23)29)18(26-27-22)10-15-4-6-16(7-5-15)11-24-3/h4-13,34H,14-15H2,1-3H3,(H2,29,35)(H,31,36)(H2,30,32,33);4-7,12-13,16,32H,8-11,14-15H2,1-3H3,(H2,27,33)(H2,28,29,30);4-9,28H,10-12H2,1-2H3,(H2,23,29)(H2,25,26,27). The molecule has 0 bridgehead atoms. The number of hydrogen-bond acceptors (Lipinski definition) is 14. The van der Waals surface area contributed by atoms with E-state index in [2.05, 4.69) is 92.8 Å². The van der Waals surface area contributed by atoms with Crippen molar-refractivity contribution in [3.63, 3.8) is 0 Å². The third-order valence-corrected chi connectivity index (χ3v) is 17.3. The van der Waals surface area contributed by atoms with Gasteiger partial charge in [-0.2, -0.15) is 15.3 Å². The molecule has 4 amide bonds. The number of piperidine rings is 1. The van der Waals surface area contributed by atoms with Gasteiger partial charge in [-0.15, -0.1) is 0 Å². The fourth-order valence-corrected chi connectivity index (χ4v) is 11.9. The first-order valence-electron chi connectivity index (χ1n) is 32.3. The Bertz CT molecular complexity index is 4450. The monoisotopic (exact) mass is 1320 g/mol. The van der Waals surface area contributed by atoms with Crippen molar-refractivity contribution in [2.45, 2.75) is 114 Å². The number of phenolic OH excluding ortho intramolecular Hbond substituents is 3. The summed E-state index contributed by atoms with van der Waals surface area (Å²) in [7, 11) is 0. The summed E-state index contributed by atoms with van der Waals surface area (Å²) < 4.78 is 0. The number of H-pyrrole nitrogens is 3. The molecule has 0 atom stereocenters.